The Hall–Kier alpha value is -2.47. The second-order valence-corrected chi connectivity index (χ2v) is 7.24. The minimum atomic E-state index is -0.543. The molecule has 1 heterocycles. The van der Waals surface area contributed by atoms with Crippen LogP contribution >= 0.6 is 0 Å². The van der Waals surface area contributed by atoms with Crippen LogP contribution in [0.4, 0.5) is 4.79 Å². The lowest BCUT2D eigenvalue weighted by Crippen LogP contribution is -2.27. The highest BCUT2D eigenvalue weighted by molar-refractivity contribution is 5.80. The molecular formula is C22H27NO2. The molecule has 132 valence electrons. The zero-order valence-electron chi connectivity index (χ0n) is 15.8. The monoisotopic (exact) mass is 337 g/mol. The third-order valence-electron chi connectivity index (χ3n) is 3.65. The molecule has 3 heteroatoms. The van der Waals surface area contributed by atoms with Crippen molar-refractivity contribution in [2.45, 2.75) is 59.5 Å². The van der Waals surface area contributed by atoms with Gasteiger partial charge in [-0.05, 0) is 45.7 Å². The average Bonchev–Trinajstić information content (AvgIpc) is 2.95. The standard InChI is InChI=1S/C22H27NO2/c1-6-7-8-9-10-18-15-20(19-13-11-17(2)12-14-19)23(16-18)21(24)25-22(3,4)5/h11-16H,6-8H2,1-5H3. The molecule has 0 bridgehead atoms. The van der Waals surface area contributed by atoms with Gasteiger partial charge in [0, 0.05) is 18.2 Å². The van der Waals surface area contributed by atoms with Gasteiger partial charge in [-0.1, -0.05) is 55.0 Å². The molecule has 0 aliphatic rings. The second kappa shape index (κ2) is 8.07. The van der Waals surface area contributed by atoms with Crippen LogP contribution in [0.25, 0.3) is 11.3 Å². The van der Waals surface area contributed by atoms with Gasteiger partial charge in [0.2, 0.25) is 0 Å². The highest BCUT2D eigenvalue weighted by Crippen LogP contribution is 2.24. The molecule has 0 radical (unpaired) electrons. The highest BCUT2D eigenvalue weighted by atomic mass is 16.6. The number of benzene rings is 1. The van der Waals surface area contributed by atoms with E-state index < -0.39 is 5.60 Å². The van der Waals surface area contributed by atoms with Crippen molar-refractivity contribution in [2.75, 3.05) is 0 Å². The molecular weight excluding hydrogens is 310 g/mol. The van der Waals surface area contributed by atoms with Crippen LogP contribution in [0.2, 0.25) is 0 Å². The molecule has 2 aromatic rings. The van der Waals surface area contributed by atoms with Gasteiger partial charge in [0.05, 0.1) is 5.69 Å². The SMILES string of the molecule is CCCCC#Cc1cc(-c2ccc(C)cc2)n(C(=O)OC(C)(C)C)c1. The molecule has 0 aliphatic carbocycles. The molecule has 0 fully saturated rings. The van der Waals surface area contributed by atoms with E-state index in [1.54, 1.807) is 10.8 Å². The lowest BCUT2D eigenvalue weighted by atomic mass is 10.1. The minimum absolute atomic E-state index is 0.385. The molecule has 0 aliphatic heterocycles. The van der Waals surface area contributed by atoms with Gasteiger partial charge in [-0.15, -0.1) is 0 Å². The smallest absolute Gasteiger partial charge is 0.419 e. The van der Waals surface area contributed by atoms with Crippen LogP contribution in [0.15, 0.2) is 36.5 Å². The van der Waals surface area contributed by atoms with E-state index in [2.05, 4.69) is 18.8 Å². The van der Waals surface area contributed by atoms with E-state index in [-0.39, 0.29) is 6.09 Å². The van der Waals surface area contributed by atoms with Gasteiger partial charge in [-0.3, -0.25) is 4.57 Å². The number of ether oxygens (including phenoxy) is 1. The third kappa shape index (κ3) is 5.53. The fourth-order valence-corrected chi connectivity index (χ4v) is 2.37. The molecule has 1 aromatic carbocycles. The summed E-state index contributed by atoms with van der Waals surface area (Å²) in [7, 11) is 0. The maximum Gasteiger partial charge on any atom is 0.419 e. The summed E-state index contributed by atoms with van der Waals surface area (Å²) in [5, 5.41) is 0. The maximum atomic E-state index is 12.6. The van der Waals surface area contributed by atoms with E-state index in [1.807, 2.05) is 58.0 Å². The van der Waals surface area contributed by atoms with Crippen LogP contribution < -0.4 is 0 Å². The van der Waals surface area contributed by atoms with Crippen LogP contribution in [-0.2, 0) is 4.74 Å². The summed E-state index contributed by atoms with van der Waals surface area (Å²) in [5.41, 5.74) is 3.24. The first-order valence-electron chi connectivity index (χ1n) is 8.82. The normalized spacial score (nSPS) is 10.9. The van der Waals surface area contributed by atoms with Gasteiger partial charge in [0.15, 0.2) is 0 Å². The second-order valence-electron chi connectivity index (χ2n) is 7.24. The Morgan fingerprint density at radius 3 is 2.48 bits per heavy atom. The Kier molecular flexibility index (Phi) is 6.09. The molecule has 0 saturated heterocycles. The van der Waals surface area contributed by atoms with Crippen molar-refractivity contribution in [3.05, 3.63) is 47.7 Å². The number of carbonyl (C=O) groups is 1. The van der Waals surface area contributed by atoms with Gasteiger partial charge in [-0.25, -0.2) is 4.79 Å². The number of carbonyl (C=O) groups excluding carboxylic acids is 1. The Morgan fingerprint density at radius 2 is 1.88 bits per heavy atom. The van der Waals surface area contributed by atoms with Crippen LogP contribution in [0.1, 0.15) is 58.1 Å². The summed E-state index contributed by atoms with van der Waals surface area (Å²) in [4.78, 5) is 12.6. The fourth-order valence-electron chi connectivity index (χ4n) is 2.37. The molecule has 0 unspecified atom stereocenters. The summed E-state index contributed by atoms with van der Waals surface area (Å²) in [6, 6.07) is 10.1. The largest absolute Gasteiger partial charge is 0.443 e. The number of nitrogens with zero attached hydrogens (tertiary/aromatic N) is 1. The Labute approximate surface area is 151 Å². The van der Waals surface area contributed by atoms with E-state index in [0.717, 1.165) is 36.1 Å². The Morgan fingerprint density at radius 1 is 1.20 bits per heavy atom. The van der Waals surface area contributed by atoms with Crippen molar-refractivity contribution in [3.63, 3.8) is 0 Å². The van der Waals surface area contributed by atoms with Gasteiger partial charge in [0.25, 0.3) is 0 Å². The van der Waals surface area contributed by atoms with E-state index >= 15 is 0 Å². The quantitative estimate of drug-likeness (QED) is 0.524. The van der Waals surface area contributed by atoms with Crippen molar-refractivity contribution in [2.24, 2.45) is 0 Å². The zero-order chi connectivity index (χ0) is 18.4. The maximum absolute atomic E-state index is 12.6. The van der Waals surface area contributed by atoms with Crippen LogP contribution in [0.3, 0.4) is 0 Å². The molecule has 3 nitrogen and oxygen atoms in total. The molecule has 0 spiro atoms. The van der Waals surface area contributed by atoms with Gasteiger partial charge in [0.1, 0.15) is 5.60 Å². The van der Waals surface area contributed by atoms with E-state index in [4.69, 9.17) is 4.74 Å². The minimum Gasteiger partial charge on any atom is -0.443 e. The first-order valence-corrected chi connectivity index (χ1v) is 8.82. The molecule has 0 amide bonds. The molecule has 0 atom stereocenters. The molecule has 0 saturated carbocycles. The average molecular weight is 337 g/mol. The number of rotatable bonds is 3. The molecule has 25 heavy (non-hydrogen) atoms. The van der Waals surface area contributed by atoms with Crippen molar-refractivity contribution in [1.29, 1.82) is 0 Å². The number of aromatic nitrogens is 1. The summed E-state index contributed by atoms with van der Waals surface area (Å²) in [6.45, 7) is 9.79. The van der Waals surface area contributed by atoms with E-state index in [1.165, 1.54) is 5.56 Å². The van der Waals surface area contributed by atoms with Crippen LogP contribution in [0, 0.1) is 18.8 Å². The van der Waals surface area contributed by atoms with Crippen molar-refractivity contribution >= 4 is 6.09 Å². The van der Waals surface area contributed by atoms with Crippen LogP contribution in [-0.4, -0.2) is 16.3 Å². The number of hydrogen-bond acceptors (Lipinski definition) is 2. The number of hydrogen-bond donors (Lipinski definition) is 0. The van der Waals surface area contributed by atoms with E-state index in [0.29, 0.717) is 0 Å². The highest BCUT2D eigenvalue weighted by Gasteiger charge is 2.20. The van der Waals surface area contributed by atoms with Gasteiger partial charge in [-0.2, -0.15) is 0 Å². The van der Waals surface area contributed by atoms with Gasteiger partial charge >= 0.3 is 6.09 Å². The molecule has 2 rings (SSSR count). The summed E-state index contributed by atoms with van der Waals surface area (Å²) in [5.74, 6) is 6.34. The topological polar surface area (TPSA) is 31.2 Å². The summed E-state index contributed by atoms with van der Waals surface area (Å²) in [6.07, 6.45) is 4.47. The summed E-state index contributed by atoms with van der Waals surface area (Å²) < 4.78 is 7.10. The van der Waals surface area contributed by atoms with Crippen molar-refractivity contribution in [1.82, 2.24) is 4.57 Å². The third-order valence-corrected chi connectivity index (χ3v) is 3.65. The number of aryl methyl sites for hydroxylation is 1. The number of unbranched alkanes of at least 4 members (excludes halogenated alkanes) is 2. The first-order chi connectivity index (χ1) is 11.8. The van der Waals surface area contributed by atoms with Crippen LogP contribution in [0.5, 0.6) is 0 Å². The predicted octanol–water partition coefficient (Wildman–Crippen LogP) is 5.79. The molecule has 1 aromatic heterocycles. The fraction of sp³-hybridized carbons (Fsp3) is 0.409. The van der Waals surface area contributed by atoms with Crippen molar-refractivity contribution in [3.8, 4) is 23.1 Å². The first kappa shape index (κ1) is 18.9. The van der Waals surface area contributed by atoms with Crippen molar-refractivity contribution < 1.29 is 9.53 Å². The zero-order valence-corrected chi connectivity index (χ0v) is 15.8. The lowest BCUT2D eigenvalue weighted by Gasteiger charge is -2.20. The van der Waals surface area contributed by atoms with E-state index in [9.17, 15) is 4.79 Å². The summed E-state index contributed by atoms with van der Waals surface area (Å²) >= 11 is 0. The molecule has 0 N–H and O–H groups in total. The van der Waals surface area contributed by atoms with Gasteiger partial charge < -0.3 is 4.74 Å². The lowest BCUT2D eigenvalue weighted by molar-refractivity contribution is 0.0540. The Balaban J connectivity index is 2.40. The predicted molar refractivity (Wildman–Crippen MR) is 103 cm³/mol. The Bertz CT molecular complexity index is 780.